The quantitative estimate of drug-likeness (QED) is 0.836. The highest BCUT2D eigenvalue weighted by Crippen LogP contribution is 2.31. The molecule has 2 aromatic carbocycles. The topological polar surface area (TPSA) is 21.7 Å². The molecule has 0 aromatic heterocycles. The molecule has 0 aliphatic carbocycles. The lowest BCUT2D eigenvalue weighted by Crippen LogP contribution is -2.21. The summed E-state index contributed by atoms with van der Waals surface area (Å²) in [6.45, 7) is 1.19. The van der Waals surface area contributed by atoms with Crippen LogP contribution in [0.25, 0.3) is 0 Å². The molecule has 0 spiro atoms. The molecule has 0 fully saturated rings. The van der Waals surface area contributed by atoms with E-state index in [4.69, 9.17) is 21.1 Å². The Balaban J connectivity index is 1.81. The van der Waals surface area contributed by atoms with Gasteiger partial charge in [-0.2, -0.15) is 0 Å². The van der Waals surface area contributed by atoms with Gasteiger partial charge in [0.05, 0.1) is 6.61 Å². The lowest BCUT2D eigenvalue weighted by Gasteiger charge is -2.24. The first-order chi connectivity index (χ1) is 11.0. The summed E-state index contributed by atoms with van der Waals surface area (Å²) < 4.78 is 38.3. The molecule has 1 aliphatic heterocycles. The van der Waals surface area contributed by atoms with Crippen LogP contribution in [0.4, 0.5) is 8.78 Å². The maximum Gasteiger partial charge on any atom is 0.189 e. The maximum absolute atomic E-state index is 13.9. The minimum absolute atomic E-state index is 0.147. The van der Waals surface area contributed by atoms with Gasteiger partial charge in [0, 0.05) is 34.8 Å². The van der Waals surface area contributed by atoms with Gasteiger partial charge in [-0.25, -0.2) is 8.78 Å². The third kappa shape index (κ3) is 3.63. The Bertz CT molecular complexity index is 704. The highest BCUT2D eigenvalue weighted by atomic mass is 35.5. The zero-order valence-electron chi connectivity index (χ0n) is 12.6. The second-order valence-corrected chi connectivity index (χ2v) is 5.94. The normalized spacial score (nSPS) is 13.8. The van der Waals surface area contributed by atoms with Gasteiger partial charge in [-0.1, -0.05) is 17.7 Å². The highest BCUT2D eigenvalue weighted by Gasteiger charge is 2.18. The largest absolute Gasteiger partial charge is 0.467 e. The number of hydrogen-bond acceptors (Lipinski definition) is 3. The SMILES string of the molecule is CN(Cc1cc(F)cc2c1OCOC2)Cc1c(F)cccc1Cl. The van der Waals surface area contributed by atoms with Gasteiger partial charge >= 0.3 is 0 Å². The van der Waals surface area contributed by atoms with Gasteiger partial charge in [-0.3, -0.25) is 4.90 Å². The summed E-state index contributed by atoms with van der Waals surface area (Å²) in [4.78, 5) is 1.86. The van der Waals surface area contributed by atoms with Crippen LogP contribution in [-0.2, 0) is 24.4 Å². The van der Waals surface area contributed by atoms with Gasteiger partial charge in [0.25, 0.3) is 0 Å². The summed E-state index contributed by atoms with van der Waals surface area (Å²) in [6.07, 6.45) is 0. The van der Waals surface area contributed by atoms with Gasteiger partial charge in [0.1, 0.15) is 17.4 Å². The van der Waals surface area contributed by atoms with Gasteiger partial charge in [0.15, 0.2) is 6.79 Å². The Morgan fingerprint density at radius 3 is 2.83 bits per heavy atom. The molecule has 0 radical (unpaired) electrons. The Labute approximate surface area is 138 Å². The lowest BCUT2D eigenvalue weighted by atomic mass is 10.1. The molecular weight excluding hydrogens is 324 g/mol. The summed E-state index contributed by atoms with van der Waals surface area (Å²) in [5, 5.41) is 0.378. The zero-order chi connectivity index (χ0) is 16.4. The van der Waals surface area contributed by atoms with Crippen LogP contribution in [0.3, 0.4) is 0 Å². The molecule has 1 aliphatic rings. The number of rotatable bonds is 4. The van der Waals surface area contributed by atoms with E-state index in [1.807, 2.05) is 11.9 Å². The van der Waals surface area contributed by atoms with Gasteiger partial charge in [0.2, 0.25) is 0 Å². The minimum atomic E-state index is -0.352. The van der Waals surface area contributed by atoms with Crippen molar-refractivity contribution in [2.45, 2.75) is 19.7 Å². The molecule has 0 N–H and O–H groups in total. The Kier molecular flexibility index (Phi) is 4.80. The molecule has 0 amide bonds. The van der Waals surface area contributed by atoms with E-state index in [1.54, 1.807) is 12.1 Å². The van der Waals surface area contributed by atoms with Crippen LogP contribution in [0.2, 0.25) is 5.02 Å². The fourth-order valence-corrected chi connectivity index (χ4v) is 2.90. The van der Waals surface area contributed by atoms with Crippen molar-refractivity contribution in [1.82, 2.24) is 4.90 Å². The number of nitrogens with zero attached hydrogens (tertiary/aromatic N) is 1. The van der Waals surface area contributed by atoms with Crippen molar-refractivity contribution in [3.63, 3.8) is 0 Å². The number of ether oxygens (including phenoxy) is 2. The van der Waals surface area contributed by atoms with Crippen LogP contribution in [0, 0.1) is 11.6 Å². The molecule has 0 unspecified atom stereocenters. The van der Waals surface area contributed by atoms with Crippen LogP contribution in [0.5, 0.6) is 5.75 Å². The monoisotopic (exact) mass is 339 g/mol. The van der Waals surface area contributed by atoms with E-state index in [0.717, 1.165) is 0 Å². The van der Waals surface area contributed by atoms with Crippen LogP contribution < -0.4 is 4.74 Å². The predicted molar refractivity (Wildman–Crippen MR) is 83.3 cm³/mol. The standard InChI is InChI=1S/C17H16ClF2NO2/c1-21(8-14-15(18)3-2-4-16(14)20)7-11-5-13(19)6-12-9-22-10-23-17(11)12/h2-6H,7-10H2,1H3. The van der Waals surface area contributed by atoms with Crippen molar-refractivity contribution >= 4 is 11.6 Å². The lowest BCUT2D eigenvalue weighted by molar-refractivity contribution is -0.0176. The fourth-order valence-electron chi connectivity index (χ4n) is 2.67. The third-order valence-electron chi connectivity index (χ3n) is 3.68. The summed E-state index contributed by atoms with van der Waals surface area (Å²) in [7, 11) is 1.82. The first kappa shape index (κ1) is 16.2. The number of hydrogen-bond donors (Lipinski definition) is 0. The zero-order valence-corrected chi connectivity index (χ0v) is 13.4. The Morgan fingerprint density at radius 1 is 1.22 bits per heavy atom. The molecule has 2 aromatic rings. The van der Waals surface area contributed by atoms with Crippen LogP contribution in [-0.4, -0.2) is 18.7 Å². The van der Waals surface area contributed by atoms with E-state index in [-0.39, 0.29) is 18.4 Å². The van der Waals surface area contributed by atoms with Crippen molar-refractivity contribution in [1.29, 1.82) is 0 Å². The van der Waals surface area contributed by atoms with Gasteiger partial charge in [-0.05, 0) is 31.3 Å². The van der Waals surface area contributed by atoms with Crippen molar-refractivity contribution in [3.8, 4) is 5.75 Å². The molecule has 122 valence electrons. The Hall–Kier alpha value is -1.69. The molecule has 3 nitrogen and oxygen atoms in total. The molecule has 0 bridgehead atoms. The van der Waals surface area contributed by atoms with E-state index in [2.05, 4.69) is 0 Å². The van der Waals surface area contributed by atoms with E-state index in [1.165, 1.54) is 18.2 Å². The third-order valence-corrected chi connectivity index (χ3v) is 4.04. The van der Waals surface area contributed by atoms with Crippen LogP contribution in [0.15, 0.2) is 30.3 Å². The second-order valence-electron chi connectivity index (χ2n) is 5.54. The van der Waals surface area contributed by atoms with Gasteiger partial charge in [-0.15, -0.1) is 0 Å². The molecule has 1 heterocycles. The molecule has 23 heavy (non-hydrogen) atoms. The molecule has 6 heteroatoms. The smallest absolute Gasteiger partial charge is 0.189 e. The van der Waals surface area contributed by atoms with Crippen molar-refractivity contribution in [2.75, 3.05) is 13.8 Å². The minimum Gasteiger partial charge on any atom is -0.467 e. The van der Waals surface area contributed by atoms with Crippen molar-refractivity contribution in [3.05, 3.63) is 63.7 Å². The van der Waals surface area contributed by atoms with E-state index >= 15 is 0 Å². The van der Waals surface area contributed by atoms with Crippen LogP contribution >= 0.6 is 11.6 Å². The van der Waals surface area contributed by atoms with E-state index < -0.39 is 0 Å². The number of halogens is 3. The first-order valence-electron chi connectivity index (χ1n) is 7.18. The average molecular weight is 340 g/mol. The second kappa shape index (κ2) is 6.83. The highest BCUT2D eigenvalue weighted by molar-refractivity contribution is 6.31. The van der Waals surface area contributed by atoms with E-state index in [9.17, 15) is 8.78 Å². The molecular formula is C17H16ClF2NO2. The fraction of sp³-hybridized carbons (Fsp3) is 0.294. The summed E-state index contributed by atoms with van der Waals surface area (Å²) in [5.41, 5.74) is 1.81. The van der Waals surface area contributed by atoms with E-state index in [0.29, 0.717) is 47.2 Å². The predicted octanol–water partition coefficient (Wildman–Crippen LogP) is 4.12. The summed E-state index contributed by atoms with van der Waals surface area (Å²) in [5.74, 6) is -0.0513. The van der Waals surface area contributed by atoms with Crippen molar-refractivity contribution < 1.29 is 18.3 Å². The molecule has 3 rings (SSSR count). The van der Waals surface area contributed by atoms with Crippen LogP contribution in [0.1, 0.15) is 16.7 Å². The molecule has 0 saturated heterocycles. The number of fused-ring (bicyclic) bond motifs is 1. The van der Waals surface area contributed by atoms with Crippen molar-refractivity contribution in [2.24, 2.45) is 0 Å². The first-order valence-corrected chi connectivity index (χ1v) is 7.55. The molecule has 0 saturated carbocycles. The Morgan fingerprint density at radius 2 is 2.04 bits per heavy atom. The van der Waals surface area contributed by atoms with Gasteiger partial charge < -0.3 is 9.47 Å². The summed E-state index contributed by atoms with van der Waals surface area (Å²) >= 11 is 6.05. The maximum atomic E-state index is 13.9. The summed E-state index contributed by atoms with van der Waals surface area (Å²) in [6, 6.07) is 7.44. The average Bonchev–Trinajstić information content (AvgIpc) is 2.51. The molecule has 0 atom stereocenters. The number of benzene rings is 2.